The highest BCUT2D eigenvalue weighted by Gasteiger charge is 2.23. The molecule has 4 nitrogen and oxygen atoms in total. The minimum absolute atomic E-state index is 0.0373. The SMILES string of the molecule is N#Cc1ccc(-c2cccs2)nc1CSC(=O)NC1CC1. The fourth-order valence-electron chi connectivity index (χ4n) is 1.84. The first-order valence-corrected chi connectivity index (χ1v) is 8.50. The lowest BCUT2D eigenvalue weighted by Crippen LogP contribution is -2.20. The van der Waals surface area contributed by atoms with Crippen molar-refractivity contribution in [3.63, 3.8) is 0 Å². The summed E-state index contributed by atoms with van der Waals surface area (Å²) >= 11 is 2.78. The summed E-state index contributed by atoms with van der Waals surface area (Å²) in [6.07, 6.45) is 2.14. The number of nitrogens with zero attached hydrogens (tertiary/aromatic N) is 2. The first kappa shape index (κ1) is 14.1. The largest absolute Gasteiger partial charge is 0.344 e. The van der Waals surface area contributed by atoms with E-state index in [0.717, 1.165) is 23.4 Å². The predicted molar refractivity (Wildman–Crippen MR) is 85.1 cm³/mol. The maximum Gasteiger partial charge on any atom is 0.279 e. The van der Waals surface area contributed by atoms with Gasteiger partial charge in [-0.15, -0.1) is 11.3 Å². The number of rotatable bonds is 4. The molecular weight excluding hydrogens is 302 g/mol. The molecule has 0 aliphatic heterocycles. The van der Waals surface area contributed by atoms with Crippen LogP contribution in [0.3, 0.4) is 0 Å². The first-order valence-electron chi connectivity index (χ1n) is 6.63. The fourth-order valence-corrected chi connectivity index (χ4v) is 3.28. The van der Waals surface area contributed by atoms with Crippen molar-refractivity contribution < 1.29 is 4.79 Å². The topological polar surface area (TPSA) is 65.8 Å². The number of nitrogens with one attached hydrogen (secondary N) is 1. The maximum atomic E-state index is 11.7. The second kappa shape index (κ2) is 6.29. The zero-order chi connectivity index (χ0) is 14.7. The van der Waals surface area contributed by atoms with Gasteiger partial charge in [0.15, 0.2) is 0 Å². The first-order chi connectivity index (χ1) is 10.3. The van der Waals surface area contributed by atoms with Crippen LogP contribution in [0.5, 0.6) is 0 Å². The lowest BCUT2D eigenvalue weighted by molar-refractivity contribution is 0.260. The molecule has 3 rings (SSSR count). The number of nitriles is 1. The van der Waals surface area contributed by atoms with Gasteiger partial charge in [-0.05, 0) is 36.4 Å². The molecule has 21 heavy (non-hydrogen) atoms. The smallest absolute Gasteiger partial charge is 0.279 e. The Balaban J connectivity index is 1.74. The quantitative estimate of drug-likeness (QED) is 0.932. The van der Waals surface area contributed by atoms with Crippen molar-refractivity contribution in [1.29, 1.82) is 5.26 Å². The molecule has 0 saturated heterocycles. The summed E-state index contributed by atoms with van der Waals surface area (Å²) in [6.45, 7) is 0. The van der Waals surface area contributed by atoms with Gasteiger partial charge >= 0.3 is 0 Å². The molecule has 0 aromatic carbocycles. The molecule has 1 aliphatic carbocycles. The number of carbonyl (C=O) groups excluding carboxylic acids is 1. The Morgan fingerprint density at radius 3 is 3.00 bits per heavy atom. The Hall–Kier alpha value is -1.84. The fraction of sp³-hybridized carbons (Fsp3) is 0.267. The van der Waals surface area contributed by atoms with E-state index >= 15 is 0 Å². The number of pyridine rings is 1. The van der Waals surface area contributed by atoms with E-state index in [1.165, 1.54) is 11.8 Å². The van der Waals surface area contributed by atoms with E-state index in [1.54, 1.807) is 17.4 Å². The molecule has 0 bridgehead atoms. The van der Waals surface area contributed by atoms with Gasteiger partial charge in [-0.2, -0.15) is 5.26 Å². The van der Waals surface area contributed by atoms with E-state index in [4.69, 9.17) is 5.26 Å². The summed E-state index contributed by atoms with van der Waals surface area (Å²) in [5.41, 5.74) is 2.04. The minimum atomic E-state index is -0.0373. The van der Waals surface area contributed by atoms with Crippen LogP contribution in [0.4, 0.5) is 4.79 Å². The molecule has 6 heteroatoms. The molecule has 0 unspecified atom stereocenters. The number of thiophene rings is 1. The van der Waals surface area contributed by atoms with Gasteiger partial charge in [-0.3, -0.25) is 4.79 Å². The summed E-state index contributed by atoms with van der Waals surface area (Å²) in [5, 5.41) is 14.0. The second-order valence-electron chi connectivity index (χ2n) is 4.77. The van der Waals surface area contributed by atoms with E-state index in [1.807, 2.05) is 23.6 Å². The number of carbonyl (C=O) groups is 1. The van der Waals surface area contributed by atoms with Crippen molar-refractivity contribution in [2.75, 3.05) is 0 Å². The number of hydrogen-bond donors (Lipinski definition) is 1. The van der Waals surface area contributed by atoms with Crippen molar-refractivity contribution in [3.05, 3.63) is 40.9 Å². The van der Waals surface area contributed by atoms with Crippen molar-refractivity contribution in [2.24, 2.45) is 0 Å². The van der Waals surface area contributed by atoms with Crippen LogP contribution in [-0.2, 0) is 5.75 Å². The third-order valence-corrected chi connectivity index (χ3v) is 4.80. The summed E-state index contributed by atoms with van der Waals surface area (Å²) < 4.78 is 0. The lowest BCUT2D eigenvalue weighted by Gasteiger charge is -2.06. The monoisotopic (exact) mass is 315 g/mol. The van der Waals surface area contributed by atoms with Gasteiger partial charge < -0.3 is 5.32 Å². The highest BCUT2D eigenvalue weighted by Crippen LogP contribution is 2.26. The Bertz CT molecular complexity index is 687. The average molecular weight is 315 g/mol. The molecule has 106 valence electrons. The normalized spacial score (nSPS) is 13.7. The van der Waals surface area contributed by atoms with Crippen LogP contribution in [-0.4, -0.2) is 16.3 Å². The highest BCUT2D eigenvalue weighted by atomic mass is 32.2. The van der Waals surface area contributed by atoms with Gasteiger partial charge in [-0.1, -0.05) is 17.8 Å². The van der Waals surface area contributed by atoms with Crippen molar-refractivity contribution in [2.45, 2.75) is 24.6 Å². The van der Waals surface area contributed by atoms with Gasteiger partial charge in [-0.25, -0.2) is 4.98 Å². The van der Waals surface area contributed by atoms with Gasteiger partial charge in [0, 0.05) is 11.8 Å². The Labute approximate surface area is 131 Å². The number of aromatic nitrogens is 1. The molecule has 2 heterocycles. The van der Waals surface area contributed by atoms with Crippen LogP contribution in [0.1, 0.15) is 24.1 Å². The Kier molecular flexibility index (Phi) is 4.23. The van der Waals surface area contributed by atoms with E-state index < -0.39 is 0 Å². The van der Waals surface area contributed by atoms with Crippen LogP contribution in [0, 0.1) is 11.3 Å². The molecular formula is C15H13N3OS2. The second-order valence-corrected chi connectivity index (χ2v) is 6.67. The molecule has 2 aromatic rings. The van der Waals surface area contributed by atoms with Crippen LogP contribution in [0.2, 0.25) is 0 Å². The molecule has 1 N–H and O–H groups in total. The van der Waals surface area contributed by atoms with Gasteiger partial charge in [0.25, 0.3) is 5.24 Å². The molecule has 1 amide bonds. The minimum Gasteiger partial charge on any atom is -0.344 e. The third-order valence-electron chi connectivity index (χ3n) is 3.11. The van der Waals surface area contributed by atoms with E-state index in [-0.39, 0.29) is 5.24 Å². The Morgan fingerprint density at radius 1 is 1.48 bits per heavy atom. The number of amides is 1. The van der Waals surface area contributed by atoms with Crippen molar-refractivity contribution >= 4 is 28.3 Å². The van der Waals surface area contributed by atoms with Crippen molar-refractivity contribution in [3.8, 4) is 16.6 Å². The zero-order valence-corrected chi connectivity index (χ0v) is 12.8. The zero-order valence-electron chi connectivity index (χ0n) is 11.2. The lowest BCUT2D eigenvalue weighted by atomic mass is 10.2. The maximum absolute atomic E-state index is 11.7. The van der Waals surface area contributed by atoms with Crippen molar-refractivity contribution in [1.82, 2.24) is 10.3 Å². The molecule has 1 aliphatic rings. The highest BCUT2D eigenvalue weighted by molar-refractivity contribution is 8.12. The van der Waals surface area contributed by atoms with Crippen LogP contribution < -0.4 is 5.32 Å². The molecule has 0 radical (unpaired) electrons. The van der Waals surface area contributed by atoms with E-state index in [0.29, 0.717) is 23.1 Å². The van der Waals surface area contributed by atoms with Gasteiger partial charge in [0.2, 0.25) is 0 Å². The third kappa shape index (κ3) is 3.63. The summed E-state index contributed by atoms with van der Waals surface area (Å²) in [5.74, 6) is 0.417. The van der Waals surface area contributed by atoms with E-state index in [2.05, 4.69) is 16.4 Å². The van der Waals surface area contributed by atoms with Gasteiger partial charge in [0.1, 0.15) is 6.07 Å². The van der Waals surface area contributed by atoms with Gasteiger partial charge in [0.05, 0.1) is 21.8 Å². The molecule has 1 saturated carbocycles. The molecule has 0 spiro atoms. The molecule has 2 aromatic heterocycles. The summed E-state index contributed by atoms with van der Waals surface area (Å²) in [7, 11) is 0. The van der Waals surface area contributed by atoms with E-state index in [9.17, 15) is 4.79 Å². The van der Waals surface area contributed by atoms with Crippen LogP contribution in [0.25, 0.3) is 10.6 Å². The number of hydrogen-bond acceptors (Lipinski definition) is 5. The van der Waals surface area contributed by atoms with Crippen LogP contribution in [0.15, 0.2) is 29.6 Å². The standard InChI is InChI=1S/C15H13N3OS2/c16-8-10-3-6-12(14-2-1-7-20-14)18-13(10)9-21-15(19)17-11-4-5-11/h1-3,6-7,11H,4-5,9H2,(H,17,19). The summed E-state index contributed by atoms with van der Waals surface area (Å²) in [4.78, 5) is 17.3. The Morgan fingerprint density at radius 2 is 2.33 bits per heavy atom. The van der Waals surface area contributed by atoms with Crippen LogP contribution >= 0.6 is 23.1 Å². The predicted octanol–water partition coefficient (Wildman–Crippen LogP) is 3.79. The molecule has 0 atom stereocenters. The number of thioether (sulfide) groups is 1. The average Bonchev–Trinajstić information content (AvgIpc) is 3.14. The summed E-state index contributed by atoms with van der Waals surface area (Å²) in [6, 6.07) is 10.1. The molecule has 1 fully saturated rings.